The first-order valence-electron chi connectivity index (χ1n) is 6.44. The zero-order valence-electron chi connectivity index (χ0n) is 11.0. The molecule has 0 fully saturated rings. The van der Waals surface area contributed by atoms with Crippen LogP contribution in [0.4, 0.5) is 0 Å². The normalized spacial score (nSPS) is 13.4. The van der Waals surface area contributed by atoms with Crippen molar-refractivity contribution in [3.63, 3.8) is 0 Å². The first-order chi connectivity index (χ1) is 7.22. The number of ether oxygens (including phenoxy) is 1. The molecule has 2 nitrogen and oxygen atoms in total. The summed E-state index contributed by atoms with van der Waals surface area (Å²) in [6.45, 7) is 8.91. The predicted molar refractivity (Wildman–Crippen MR) is 67.3 cm³/mol. The summed E-state index contributed by atoms with van der Waals surface area (Å²) >= 11 is 0. The molecule has 92 valence electrons. The van der Waals surface area contributed by atoms with Gasteiger partial charge in [0, 0.05) is 19.8 Å². The van der Waals surface area contributed by atoms with Crippen LogP contribution in [0.3, 0.4) is 0 Å². The van der Waals surface area contributed by atoms with Gasteiger partial charge in [-0.15, -0.1) is 0 Å². The van der Waals surface area contributed by atoms with Gasteiger partial charge in [0.15, 0.2) is 0 Å². The Bertz CT molecular complexity index is 126. The van der Waals surface area contributed by atoms with E-state index in [2.05, 4.69) is 26.1 Å². The van der Waals surface area contributed by atoms with Crippen molar-refractivity contribution in [2.24, 2.45) is 5.92 Å². The van der Waals surface area contributed by atoms with Gasteiger partial charge in [-0.25, -0.2) is 0 Å². The van der Waals surface area contributed by atoms with Crippen molar-refractivity contribution >= 4 is 0 Å². The summed E-state index contributed by atoms with van der Waals surface area (Å²) in [6, 6.07) is 0.701. The van der Waals surface area contributed by atoms with Crippen LogP contribution in [0.15, 0.2) is 0 Å². The molecule has 0 amide bonds. The fourth-order valence-corrected chi connectivity index (χ4v) is 1.79. The van der Waals surface area contributed by atoms with Gasteiger partial charge in [-0.05, 0) is 31.7 Å². The van der Waals surface area contributed by atoms with Crippen LogP contribution in [0.1, 0.15) is 52.9 Å². The quantitative estimate of drug-likeness (QED) is 0.565. The van der Waals surface area contributed by atoms with Crippen LogP contribution in [-0.2, 0) is 4.74 Å². The van der Waals surface area contributed by atoms with Crippen LogP contribution in [0.25, 0.3) is 0 Å². The Morgan fingerprint density at radius 2 is 1.87 bits per heavy atom. The minimum atomic E-state index is 0.701. The lowest BCUT2D eigenvalue weighted by Gasteiger charge is -2.22. The molecular weight excluding hydrogens is 186 g/mol. The zero-order valence-corrected chi connectivity index (χ0v) is 11.0. The summed E-state index contributed by atoms with van der Waals surface area (Å²) in [5.74, 6) is 0.749. The molecule has 0 radical (unpaired) electrons. The second-order valence-electron chi connectivity index (χ2n) is 4.65. The third-order valence-electron chi connectivity index (χ3n) is 2.82. The zero-order chi connectivity index (χ0) is 11.5. The Labute approximate surface area is 95.8 Å². The molecule has 0 aliphatic carbocycles. The standard InChI is InChI=1S/C13H29NO/c1-5-10-14-13(12(2)3)9-7-6-8-11-15-4/h12-14H,5-11H2,1-4H3. The smallest absolute Gasteiger partial charge is 0.0462 e. The van der Waals surface area contributed by atoms with Gasteiger partial charge in [-0.3, -0.25) is 0 Å². The molecule has 1 N–H and O–H groups in total. The molecule has 1 unspecified atom stereocenters. The minimum absolute atomic E-state index is 0.701. The average molecular weight is 215 g/mol. The van der Waals surface area contributed by atoms with Crippen molar-refractivity contribution in [1.82, 2.24) is 5.32 Å². The van der Waals surface area contributed by atoms with Crippen LogP contribution in [0.5, 0.6) is 0 Å². The van der Waals surface area contributed by atoms with E-state index in [0.29, 0.717) is 6.04 Å². The van der Waals surface area contributed by atoms with E-state index in [1.54, 1.807) is 7.11 Å². The van der Waals surface area contributed by atoms with E-state index in [1.165, 1.54) is 32.1 Å². The molecular formula is C13H29NO. The lowest BCUT2D eigenvalue weighted by molar-refractivity contribution is 0.191. The lowest BCUT2D eigenvalue weighted by Crippen LogP contribution is -2.34. The maximum absolute atomic E-state index is 5.05. The molecule has 0 saturated heterocycles. The van der Waals surface area contributed by atoms with Gasteiger partial charge >= 0.3 is 0 Å². The number of unbranched alkanes of at least 4 members (excludes halogenated alkanes) is 2. The van der Waals surface area contributed by atoms with E-state index in [9.17, 15) is 0 Å². The van der Waals surface area contributed by atoms with Crippen molar-refractivity contribution in [2.45, 2.75) is 58.9 Å². The van der Waals surface area contributed by atoms with Gasteiger partial charge in [-0.1, -0.05) is 33.6 Å². The number of nitrogens with one attached hydrogen (secondary N) is 1. The molecule has 15 heavy (non-hydrogen) atoms. The van der Waals surface area contributed by atoms with E-state index >= 15 is 0 Å². The largest absolute Gasteiger partial charge is 0.385 e. The third-order valence-corrected chi connectivity index (χ3v) is 2.82. The molecule has 0 heterocycles. The van der Waals surface area contributed by atoms with E-state index in [4.69, 9.17) is 4.74 Å². The first-order valence-corrected chi connectivity index (χ1v) is 6.44. The molecule has 0 aromatic carbocycles. The van der Waals surface area contributed by atoms with Gasteiger partial charge in [0.2, 0.25) is 0 Å². The van der Waals surface area contributed by atoms with Gasteiger partial charge < -0.3 is 10.1 Å². The fourth-order valence-electron chi connectivity index (χ4n) is 1.79. The monoisotopic (exact) mass is 215 g/mol. The molecule has 0 aliphatic rings. The van der Waals surface area contributed by atoms with Crippen molar-refractivity contribution in [2.75, 3.05) is 20.3 Å². The number of hydrogen-bond donors (Lipinski definition) is 1. The summed E-state index contributed by atoms with van der Waals surface area (Å²) in [6.07, 6.45) is 6.36. The number of methoxy groups -OCH3 is 1. The minimum Gasteiger partial charge on any atom is -0.385 e. The van der Waals surface area contributed by atoms with Gasteiger partial charge in [0.25, 0.3) is 0 Å². The van der Waals surface area contributed by atoms with Crippen molar-refractivity contribution in [3.8, 4) is 0 Å². The van der Waals surface area contributed by atoms with Crippen molar-refractivity contribution in [1.29, 1.82) is 0 Å². The maximum Gasteiger partial charge on any atom is 0.0462 e. The van der Waals surface area contributed by atoms with E-state index in [-0.39, 0.29) is 0 Å². The molecule has 0 aromatic heterocycles. The second kappa shape index (κ2) is 10.4. The van der Waals surface area contributed by atoms with Crippen molar-refractivity contribution < 1.29 is 4.74 Å². The number of hydrogen-bond acceptors (Lipinski definition) is 2. The Morgan fingerprint density at radius 1 is 1.13 bits per heavy atom. The predicted octanol–water partition coefficient (Wildman–Crippen LogP) is 3.22. The Balaban J connectivity index is 3.48. The Kier molecular flexibility index (Phi) is 10.4. The molecule has 0 bridgehead atoms. The van der Waals surface area contributed by atoms with E-state index < -0.39 is 0 Å². The summed E-state index contributed by atoms with van der Waals surface area (Å²) in [5, 5.41) is 3.63. The second-order valence-corrected chi connectivity index (χ2v) is 4.65. The summed E-state index contributed by atoms with van der Waals surface area (Å²) < 4.78 is 5.05. The fraction of sp³-hybridized carbons (Fsp3) is 1.00. The molecule has 0 saturated carbocycles. The summed E-state index contributed by atoms with van der Waals surface area (Å²) in [5.41, 5.74) is 0. The highest BCUT2D eigenvalue weighted by Gasteiger charge is 2.11. The lowest BCUT2D eigenvalue weighted by atomic mass is 9.98. The SMILES string of the molecule is CCCNC(CCCCCOC)C(C)C. The number of rotatable bonds is 10. The van der Waals surface area contributed by atoms with Crippen LogP contribution >= 0.6 is 0 Å². The molecule has 0 rings (SSSR count). The first kappa shape index (κ1) is 14.9. The van der Waals surface area contributed by atoms with Crippen LogP contribution in [0, 0.1) is 5.92 Å². The van der Waals surface area contributed by atoms with Crippen molar-refractivity contribution in [3.05, 3.63) is 0 Å². The molecule has 0 spiro atoms. The average Bonchev–Trinajstić information content (AvgIpc) is 2.21. The van der Waals surface area contributed by atoms with Crippen LogP contribution in [-0.4, -0.2) is 26.3 Å². The van der Waals surface area contributed by atoms with Gasteiger partial charge in [0.05, 0.1) is 0 Å². The third kappa shape index (κ3) is 8.88. The molecule has 0 aromatic rings. The highest BCUT2D eigenvalue weighted by atomic mass is 16.5. The Hall–Kier alpha value is -0.0800. The Morgan fingerprint density at radius 3 is 2.40 bits per heavy atom. The highest BCUT2D eigenvalue weighted by molar-refractivity contribution is 4.70. The topological polar surface area (TPSA) is 21.3 Å². The van der Waals surface area contributed by atoms with E-state index in [1.807, 2.05) is 0 Å². The van der Waals surface area contributed by atoms with Gasteiger partial charge in [-0.2, -0.15) is 0 Å². The molecule has 0 aliphatic heterocycles. The van der Waals surface area contributed by atoms with Crippen LogP contribution in [0.2, 0.25) is 0 Å². The molecule has 2 heteroatoms. The van der Waals surface area contributed by atoms with E-state index in [0.717, 1.165) is 19.1 Å². The van der Waals surface area contributed by atoms with Crippen LogP contribution < -0.4 is 5.32 Å². The highest BCUT2D eigenvalue weighted by Crippen LogP contribution is 2.11. The molecule has 1 atom stereocenters. The summed E-state index contributed by atoms with van der Waals surface area (Å²) in [7, 11) is 1.78. The summed E-state index contributed by atoms with van der Waals surface area (Å²) in [4.78, 5) is 0. The maximum atomic E-state index is 5.05. The van der Waals surface area contributed by atoms with Gasteiger partial charge in [0.1, 0.15) is 0 Å².